The summed E-state index contributed by atoms with van der Waals surface area (Å²) in [7, 11) is 0. The summed E-state index contributed by atoms with van der Waals surface area (Å²) in [6.45, 7) is 4.09. The Hall–Kier alpha value is -0.930. The van der Waals surface area contributed by atoms with Gasteiger partial charge in [-0.2, -0.15) is 9.20 Å². The summed E-state index contributed by atoms with van der Waals surface area (Å²) in [5, 5.41) is 21.5. The summed E-state index contributed by atoms with van der Waals surface area (Å²) in [5.41, 5.74) is 10.2. The smallest absolute Gasteiger partial charge is 0.279 e. The first-order valence-electron chi connectivity index (χ1n) is 6.40. The van der Waals surface area contributed by atoms with Crippen LogP contribution in [0.3, 0.4) is 0 Å². The lowest BCUT2D eigenvalue weighted by Crippen LogP contribution is -2.73. The molecule has 0 amide bonds. The molecule has 0 aromatic heterocycles. The summed E-state index contributed by atoms with van der Waals surface area (Å²) >= 11 is 0.914. The van der Waals surface area contributed by atoms with Crippen LogP contribution < -0.4 is 11.5 Å². The number of nitrogens with two attached hydrogens (primary N) is 2. The van der Waals surface area contributed by atoms with Gasteiger partial charge < -0.3 is 16.7 Å². The van der Waals surface area contributed by atoms with Gasteiger partial charge in [-0.25, -0.2) is 9.60 Å². The average molecular weight is 319 g/mol. The molecule has 118 valence electrons. The number of thioether (sulfide) groups is 1. The molecule has 1 heterocycles. The molecule has 4 atom stereocenters. The zero-order chi connectivity index (χ0) is 16.2. The van der Waals surface area contributed by atoms with E-state index in [2.05, 4.69) is 0 Å². The SMILES string of the molecule is CC1(C)C(N)S[C@](C)(c2cc(N)ccc2F)[C@H](F)[N+]1([O-])O. The Balaban J connectivity index is 2.60. The second kappa shape index (κ2) is 4.79. The molecule has 1 aliphatic heterocycles. The van der Waals surface area contributed by atoms with E-state index < -0.39 is 32.6 Å². The minimum absolute atomic E-state index is 0.0849. The molecule has 1 saturated heterocycles. The topological polar surface area (TPSA) is 95.3 Å². The van der Waals surface area contributed by atoms with E-state index in [0.29, 0.717) is 0 Å². The van der Waals surface area contributed by atoms with E-state index in [1.165, 1.54) is 32.9 Å². The Morgan fingerprint density at radius 2 is 1.95 bits per heavy atom. The van der Waals surface area contributed by atoms with Crippen molar-refractivity contribution in [2.24, 2.45) is 5.73 Å². The van der Waals surface area contributed by atoms with E-state index in [-0.39, 0.29) is 11.3 Å². The van der Waals surface area contributed by atoms with Gasteiger partial charge in [0.15, 0.2) is 0 Å². The van der Waals surface area contributed by atoms with Crippen LogP contribution in [-0.4, -0.2) is 27.2 Å². The molecule has 0 radical (unpaired) electrons. The minimum atomic E-state index is -2.31. The molecule has 0 spiro atoms. The van der Waals surface area contributed by atoms with Crippen LogP contribution in [0.5, 0.6) is 0 Å². The normalized spacial score (nSPS) is 39.2. The predicted molar refractivity (Wildman–Crippen MR) is 78.1 cm³/mol. The Bertz CT molecular complexity index is 570. The molecule has 1 aromatic carbocycles. The monoisotopic (exact) mass is 319 g/mol. The highest BCUT2D eigenvalue weighted by Crippen LogP contribution is 2.54. The highest BCUT2D eigenvalue weighted by Gasteiger charge is 2.63. The highest BCUT2D eigenvalue weighted by atomic mass is 32.2. The Morgan fingerprint density at radius 1 is 1.38 bits per heavy atom. The van der Waals surface area contributed by atoms with E-state index >= 15 is 0 Å². The fraction of sp³-hybridized carbons (Fsp3) is 0.538. The van der Waals surface area contributed by atoms with Crippen LogP contribution in [0.25, 0.3) is 0 Å². The molecule has 1 fully saturated rings. The van der Waals surface area contributed by atoms with Gasteiger partial charge in [-0.3, -0.25) is 0 Å². The first-order valence-corrected chi connectivity index (χ1v) is 7.28. The second-order valence-electron chi connectivity index (χ2n) is 6.00. The van der Waals surface area contributed by atoms with Crippen molar-refractivity contribution < 1.29 is 18.8 Å². The fourth-order valence-electron chi connectivity index (χ4n) is 2.39. The summed E-state index contributed by atoms with van der Waals surface area (Å²) in [6.07, 6.45) is -2.31. The minimum Gasteiger partial charge on any atom is -0.596 e. The van der Waals surface area contributed by atoms with Gasteiger partial charge in [0.05, 0.1) is 0 Å². The van der Waals surface area contributed by atoms with E-state index in [1.54, 1.807) is 0 Å². The number of nitrogen functional groups attached to an aromatic ring is 1. The van der Waals surface area contributed by atoms with Gasteiger partial charge in [-0.05, 0) is 39.0 Å². The molecule has 1 aliphatic rings. The van der Waals surface area contributed by atoms with Gasteiger partial charge in [0.25, 0.3) is 6.30 Å². The number of hydrogen-bond donors (Lipinski definition) is 3. The van der Waals surface area contributed by atoms with Crippen molar-refractivity contribution in [1.82, 2.24) is 0 Å². The van der Waals surface area contributed by atoms with Gasteiger partial charge >= 0.3 is 0 Å². The summed E-state index contributed by atoms with van der Waals surface area (Å²) in [5.74, 6) is -0.700. The van der Waals surface area contributed by atoms with Crippen LogP contribution in [0.2, 0.25) is 0 Å². The van der Waals surface area contributed by atoms with Crippen molar-refractivity contribution in [3.8, 4) is 0 Å². The molecule has 1 aromatic rings. The molecule has 0 aliphatic carbocycles. The van der Waals surface area contributed by atoms with Crippen LogP contribution in [0.15, 0.2) is 18.2 Å². The molecular weight excluding hydrogens is 300 g/mol. The molecular formula is C13H19F2N3O2S. The number of nitrogens with zero attached hydrogens (tertiary/aromatic N) is 1. The quantitative estimate of drug-likeness (QED) is 0.320. The molecule has 5 N–H and O–H groups in total. The largest absolute Gasteiger partial charge is 0.596 e. The van der Waals surface area contributed by atoms with E-state index in [4.69, 9.17) is 11.5 Å². The number of rotatable bonds is 1. The van der Waals surface area contributed by atoms with E-state index in [1.807, 2.05) is 0 Å². The third kappa shape index (κ3) is 2.22. The van der Waals surface area contributed by atoms with Crippen molar-refractivity contribution in [2.75, 3.05) is 5.73 Å². The number of hydroxylamine groups is 4. The number of halogens is 2. The van der Waals surface area contributed by atoms with Crippen LogP contribution in [0.4, 0.5) is 14.5 Å². The molecule has 5 nitrogen and oxygen atoms in total. The van der Waals surface area contributed by atoms with Crippen LogP contribution in [-0.2, 0) is 4.75 Å². The highest BCUT2D eigenvalue weighted by molar-refractivity contribution is 8.00. The maximum absolute atomic E-state index is 14.8. The number of quaternary nitrogens is 1. The summed E-state index contributed by atoms with van der Waals surface area (Å²) < 4.78 is 27.2. The van der Waals surface area contributed by atoms with Crippen LogP contribution >= 0.6 is 11.8 Å². The number of hydrogen-bond acceptors (Lipinski definition) is 5. The fourth-order valence-corrected chi connectivity index (χ4v) is 3.89. The maximum Gasteiger partial charge on any atom is 0.279 e. The van der Waals surface area contributed by atoms with Gasteiger partial charge in [0.1, 0.15) is 21.5 Å². The third-order valence-electron chi connectivity index (χ3n) is 4.18. The van der Waals surface area contributed by atoms with Crippen molar-refractivity contribution in [2.45, 2.75) is 42.7 Å². The lowest BCUT2D eigenvalue weighted by molar-refractivity contribution is -1.13. The molecule has 0 saturated carbocycles. The third-order valence-corrected chi connectivity index (χ3v) is 5.92. The zero-order valence-corrected chi connectivity index (χ0v) is 12.8. The molecule has 2 rings (SSSR count). The van der Waals surface area contributed by atoms with Crippen molar-refractivity contribution in [3.63, 3.8) is 0 Å². The first-order chi connectivity index (χ1) is 9.44. The molecule has 0 bridgehead atoms. The summed E-state index contributed by atoms with van der Waals surface area (Å²) in [4.78, 5) is -2.19. The first kappa shape index (κ1) is 16.4. The molecule has 21 heavy (non-hydrogen) atoms. The van der Waals surface area contributed by atoms with Gasteiger partial charge in [0.2, 0.25) is 0 Å². The Labute approximate surface area is 126 Å². The standard InChI is InChI=1S/C13H19F2N3O2S/c1-12(2)11(17)21-13(3,10(15)18(12,19)20)8-6-7(16)4-5-9(8)14/h4-6,10-11,19H,16-17H2,1-3H3/t10-,11?,13-/m1/s1. The van der Waals surface area contributed by atoms with Crippen molar-refractivity contribution in [1.29, 1.82) is 0 Å². The second-order valence-corrected chi connectivity index (χ2v) is 7.59. The van der Waals surface area contributed by atoms with Gasteiger partial charge in [-0.1, -0.05) is 0 Å². The van der Waals surface area contributed by atoms with Gasteiger partial charge in [-0.15, -0.1) is 11.8 Å². The number of anilines is 1. The lowest BCUT2D eigenvalue weighted by Gasteiger charge is -2.58. The Kier molecular flexibility index (Phi) is 3.75. The van der Waals surface area contributed by atoms with Gasteiger partial charge in [0, 0.05) is 11.3 Å². The van der Waals surface area contributed by atoms with Crippen LogP contribution in [0.1, 0.15) is 26.3 Å². The number of alkyl halides is 1. The predicted octanol–water partition coefficient (Wildman–Crippen LogP) is 2.43. The lowest BCUT2D eigenvalue weighted by atomic mass is 9.93. The van der Waals surface area contributed by atoms with Crippen LogP contribution in [0, 0.1) is 11.0 Å². The van der Waals surface area contributed by atoms with Crippen molar-refractivity contribution in [3.05, 3.63) is 34.8 Å². The van der Waals surface area contributed by atoms with Crippen molar-refractivity contribution >= 4 is 17.4 Å². The van der Waals surface area contributed by atoms with E-state index in [0.717, 1.165) is 17.8 Å². The number of benzene rings is 1. The Morgan fingerprint density at radius 3 is 2.52 bits per heavy atom. The zero-order valence-electron chi connectivity index (χ0n) is 12.0. The summed E-state index contributed by atoms with van der Waals surface area (Å²) in [6, 6.07) is 3.70. The van der Waals surface area contributed by atoms with E-state index in [9.17, 15) is 19.2 Å². The maximum atomic E-state index is 14.8. The molecule has 2 unspecified atom stereocenters. The average Bonchev–Trinajstić information content (AvgIpc) is 2.38. The molecule has 8 heteroatoms.